The molecule has 4 aliphatic carbocycles. The lowest BCUT2D eigenvalue weighted by molar-refractivity contribution is -0.218. The fraction of sp³-hybridized carbons (Fsp3) is 0.870. The van der Waals surface area contributed by atoms with Crippen LogP contribution in [0.5, 0.6) is 0 Å². The number of hydrogen-bond donors (Lipinski definition) is 3. The Bertz CT molecular complexity index is 718. The molecule has 0 saturated heterocycles. The molecule has 1 heterocycles. The second kappa shape index (κ2) is 6.05. The first-order valence-corrected chi connectivity index (χ1v) is 11.1. The van der Waals surface area contributed by atoms with Gasteiger partial charge in [-0.25, -0.2) is 4.79 Å². The summed E-state index contributed by atoms with van der Waals surface area (Å²) in [5.41, 5.74) is 0.118. The predicted octanol–water partition coefficient (Wildman–Crippen LogP) is 2.58. The molecule has 3 N–H and O–H groups in total. The van der Waals surface area contributed by atoms with E-state index in [9.17, 15) is 20.1 Å². The van der Waals surface area contributed by atoms with Crippen LogP contribution in [0, 0.1) is 34.5 Å². The van der Waals surface area contributed by atoms with Crippen molar-refractivity contribution in [2.75, 3.05) is 6.61 Å². The van der Waals surface area contributed by atoms with E-state index in [1.54, 1.807) is 6.08 Å². The molecule has 4 saturated carbocycles. The monoisotopic (exact) mass is 390 g/mol. The molecule has 156 valence electrons. The molecule has 5 nitrogen and oxygen atoms in total. The summed E-state index contributed by atoms with van der Waals surface area (Å²) < 4.78 is 5.19. The lowest BCUT2D eigenvalue weighted by Crippen LogP contribution is -2.63. The molecule has 0 amide bonds. The molecular weight excluding hydrogens is 356 g/mol. The molecular formula is C23H34O5. The van der Waals surface area contributed by atoms with Crippen molar-refractivity contribution in [1.29, 1.82) is 0 Å². The summed E-state index contributed by atoms with van der Waals surface area (Å²) >= 11 is 0. The molecule has 0 radical (unpaired) electrons. The van der Waals surface area contributed by atoms with Gasteiger partial charge in [-0.3, -0.25) is 0 Å². The average Bonchev–Trinajstić information content (AvgIpc) is 3.17. The highest BCUT2D eigenvalue weighted by Crippen LogP contribution is 2.69. The van der Waals surface area contributed by atoms with Gasteiger partial charge in [0.15, 0.2) is 0 Å². The third-order valence-electron chi connectivity index (χ3n) is 10.0. The molecule has 0 spiro atoms. The summed E-state index contributed by atoms with van der Waals surface area (Å²) in [6, 6.07) is 0. The average molecular weight is 391 g/mol. The second-order valence-corrected chi connectivity index (χ2v) is 10.9. The predicted molar refractivity (Wildman–Crippen MR) is 103 cm³/mol. The van der Waals surface area contributed by atoms with Crippen LogP contribution in [-0.4, -0.2) is 45.7 Å². The summed E-state index contributed by atoms with van der Waals surface area (Å²) in [6.45, 7) is 4.92. The Morgan fingerprint density at radius 3 is 2.54 bits per heavy atom. The molecule has 28 heavy (non-hydrogen) atoms. The van der Waals surface area contributed by atoms with E-state index in [0.717, 1.165) is 44.1 Å². The van der Waals surface area contributed by atoms with Gasteiger partial charge < -0.3 is 20.1 Å². The van der Waals surface area contributed by atoms with Crippen molar-refractivity contribution in [2.24, 2.45) is 34.5 Å². The van der Waals surface area contributed by atoms with E-state index in [1.165, 1.54) is 0 Å². The molecule has 0 bridgehead atoms. The van der Waals surface area contributed by atoms with Gasteiger partial charge in [0.2, 0.25) is 0 Å². The molecule has 5 rings (SSSR count). The first kappa shape index (κ1) is 19.1. The van der Waals surface area contributed by atoms with Gasteiger partial charge in [0.25, 0.3) is 0 Å². The lowest BCUT2D eigenvalue weighted by Gasteiger charge is -2.64. The standard InChI is InChI=1S/C23H34O5/c1-21-11-19(25)18(24)10-14(21)3-4-17-16(21)5-7-22(2)15(6-8-23(17,22)27)13-9-20(26)28-12-13/h9,14-19,24-25,27H,3-8,10-12H2,1-2H3/t14-,15+,16?,17?,18+,19+,21-,22+,23-/m0/s1. The van der Waals surface area contributed by atoms with Crippen LogP contribution < -0.4 is 0 Å². The molecule has 5 heteroatoms. The largest absolute Gasteiger partial charge is 0.458 e. The van der Waals surface area contributed by atoms with Gasteiger partial charge in [-0.1, -0.05) is 13.8 Å². The maximum atomic E-state index is 12.1. The molecule has 5 aliphatic rings. The number of carbonyl (C=O) groups is 1. The minimum atomic E-state index is -0.720. The zero-order valence-corrected chi connectivity index (χ0v) is 17.1. The van der Waals surface area contributed by atoms with Crippen molar-refractivity contribution in [3.05, 3.63) is 11.6 Å². The van der Waals surface area contributed by atoms with Gasteiger partial charge >= 0.3 is 5.97 Å². The van der Waals surface area contributed by atoms with E-state index in [4.69, 9.17) is 4.74 Å². The zero-order valence-electron chi connectivity index (χ0n) is 17.1. The lowest BCUT2D eigenvalue weighted by atomic mass is 9.43. The number of hydrogen-bond acceptors (Lipinski definition) is 5. The number of rotatable bonds is 1. The number of cyclic esters (lactones) is 1. The van der Waals surface area contributed by atoms with Crippen LogP contribution in [0.1, 0.15) is 65.2 Å². The Balaban J connectivity index is 1.47. The first-order chi connectivity index (χ1) is 13.2. The van der Waals surface area contributed by atoms with Crippen LogP contribution >= 0.6 is 0 Å². The van der Waals surface area contributed by atoms with E-state index in [1.807, 2.05) is 0 Å². The van der Waals surface area contributed by atoms with Crippen molar-refractivity contribution in [2.45, 2.75) is 83.0 Å². The highest BCUT2D eigenvalue weighted by Gasteiger charge is 2.68. The zero-order chi connectivity index (χ0) is 19.9. The quantitative estimate of drug-likeness (QED) is 0.599. The van der Waals surface area contributed by atoms with Crippen LogP contribution in [0.25, 0.3) is 0 Å². The van der Waals surface area contributed by atoms with E-state index < -0.39 is 17.8 Å². The fourth-order valence-corrected chi connectivity index (χ4v) is 8.43. The van der Waals surface area contributed by atoms with Crippen molar-refractivity contribution in [3.63, 3.8) is 0 Å². The van der Waals surface area contributed by atoms with Crippen molar-refractivity contribution >= 4 is 5.97 Å². The van der Waals surface area contributed by atoms with Gasteiger partial charge in [0.05, 0.1) is 17.8 Å². The molecule has 2 unspecified atom stereocenters. The molecule has 0 aromatic heterocycles. The second-order valence-electron chi connectivity index (χ2n) is 10.9. The SMILES string of the molecule is C[C@]12C[C@@H](O)[C@H](O)C[C@@H]1CCC1C2CC[C@]2(C)[C@@H](C3=CC(=O)OC3)CC[C@]12O. The van der Waals surface area contributed by atoms with E-state index in [-0.39, 0.29) is 28.6 Å². The number of aliphatic hydroxyl groups excluding tert-OH is 2. The normalized spacial score (nSPS) is 55.8. The summed E-state index contributed by atoms with van der Waals surface area (Å²) in [4.78, 5) is 11.6. The molecule has 0 aromatic rings. The Hall–Kier alpha value is -0.910. The number of carbonyl (C=O) groups excluding carboxylic acids is 1. The maximum Gasteiger partial charge on any atom is 0.331 e. The minimum Gasteiger partial charge on any atom is -0.458 e. The van der Waals surface area contributed by atoms with Crippen LogP contribution in [-0.2, 0) is 9.53 Å². The minimum absolute atomic E-state index is 0.0115. The van der Waals surface area contributed by atoms with E-state index in [2.05, 4.69) is 13.8 Å². The Labute approximate surface area is 167 Å². The van der Waals surface area contributed by atoms with Crippen molar-refractivity contribution in [1.82, 2.24) is 0 Å². The fourth-order valence-electron chi connectivity index (χ4n) is 8.43. The third kappa shape index (κ3) is 2.33. The van der Waals surface area contributed by atoms with Crippen LogP contribution in [0.3, 0.4) is 0 Å². The smallest absolute Gasteiger partial charge is 0.331 e. The van der Waals surface area contributed by atoms with Gasteiger partial charge in [-0.05, 0) is 86.0 Å². The van der Waals surface area contributed by atoms with Crippen LogP contribution in [0.4, 0.5) is 0 Å². The van der Waals surface area contributed by atoms with Crippen LogP contribution in [0.15, 0.2) is 11.6 Å². The number of fused-ring (bicyclic) bond motifs is 5. The highest BCUT2D eigenvalue weighted by atomic mass is 16.5. The first-order valence-electron chi connectivity index (χ1n) is 11.1. The van der Waals surface area contributed by atoms with Gasteiger partial charge in [0, 0.05) is 11.5 Å². The number of esters is 1. The Morgan fingerprint density at radius 1 is 1.04 bits per heavy atom. The van der Waals surface area contributed by atoms with Gasteiger partial charge in [-0.2, -0.15) is 0 Å². The summed E-state index contributed by atoms with van der Waals surface area (Å²) in [6.07, 6.45) is 7.46. The molecule has 4 fully saturated rings. The third-order valence-corrected chi connectivity index (χ3v) is 10.0. The topological polar surface area (TPSA) is 87.0 Å². The van der Waals surface area contributed by atoms with Gasteiger partial charge in [0.1, 0.15) is 6.61 Å². The van der Waals surface area contributed by atoms with Crippen LogP contribution in [0.2, 0.25) is 0 Å². The molecule has 0 aromatic carbocycles. The Morgan fingerprint density at radius 2 is 1.82 bits per heavy atom. The number of ether oxygens (including phenoxy) is 1. The van der Waals surface area contributed by atoms with E-state index in [0.29, 0.717) is 31.3 Å². The Kier molecular flexibility index (Phi) is 4.12. The maximum absolute atomic E-state index is 12.1. The van der Waals surface area contributed by atoms with E-state index >= 15 is 0 Å². The highest BCUT2D eigenvalue weighted by molar-refractivity contribution is 5.85. The molecule has 1 aliphatic heterocycles. The molecule has 9 atom stereocenters. The summed E-state index contributed by atoms with van der Waals surface area (Å²) in [5.74, 6) is 1.03. The van der Waals surface area contributed by atoms with Crippen molar-refractivity contribution < 1.29 is 24.9 Å². The van der Waals surface area contributed by atoms with Gasteiger partial charge in [-0.15, -0.1) is 0 Å². The summed E-state index contributed by atoms with van der Waals surface area (Å²) in [5, 5.41) is 32.7. The number of aliphatic hydroxyl groups is 3. The summed E-state index contributed by atoms with van der Waals surface area (Å²) in [7, 11) is 0. The van der Waals surface area contributed by atoms with Crippen molar-refractivity contribution in [3.8, 4) is 0 Å².